The SMILES string of the molecule is CC(=O)CC(=O)[O-].CC(=O)CC(=O)[O-].[Cd+2]. The van der Waals surface area contributed by atoms with Crippen molar-refractivity contribution in [2.45, 2.75) is 26.7 Å². The Morgan fingerprint density at radius 3 is 1.00 bits per heavy atom. The summed E-state index contributed by atoms with van der Waals surface area (Å²) in [6, 6.07) is 0. The molecule has 0 amide bonds. The molecule has 0 spiro atoms. The molecule has 0 aliphatic rings. The summed E-state index contributed by atoms with van der Waals surface area (Å²) in [5, 5.41) is 19.0. The van der Waals surface area contributed by atoms with Gasteiger partial charge in [0.05, 0.1) is 0 Å². The molecule has 0 N–H and O–H groups in total. The van der Waals surface area contributed by atoms with Crippen LogP contribution in [0.5, 0.6) is 0 Å². The molecule has 80 valence electrons. The van der Waals surface area contributed by atoms with Crippen molar-refractivity contribution in [3.63, 3.8) is 0 Å². The Hall–Kier alpha value is -0.798. The van der Waals surface area contributed by atoms with Crippen molar-refractivity contribution in [3.05, 3.63) is 0 Å². The molecule has 0 heterocycles. The third-order valence-electron chi connectivity index (χ3n) is 0.787. The summed E-state index contributed by atoms with van der Waals surface area (Å²) >= 11 is 0. The van der Waals surface area contributed by atoms with Gasteiger partial charge >= 0.3 is 27.3 Å². The molecular formula is C8H10CdO6. The number of hydrogen-bond donors (Lipinski definition) is 0. The number of carbonyl (C=O) groups excluding carboxylic acids is 4. The van der Waals surface area contributed by atoms with Crippen LogP contribution < -0.4 is 10.2 Å². The van der Waals surface area contributed by atoms with Crippen molar-refractivity contribution >= 4 is 23.5 Å². The predicted octanol–water partition coefficient (Wildman–Crippen LogP) is -2.57. The third kappa shape index (κ3) is 31.9. The molecule has 0 aliphatic heterocycles. The second-order valence-electron chi connectivity index (χ2n) is 2.50. The zero-order chi connectivity index (χ0) is 11.7. The Balaban J connectivity index is -0.000000180. The van der Waals surface area contributed by atoms with Crippen molar-refractivity contribution in [1.29, 1.82) is 0 Å². The molecule has 0 saturated heterocycles. The Morgan fingerprint density at radius 2 is 1.00 bits per heavy atom. The summed E-state index contributed by atoms with van der Waals surface area (Å²) < 4.78 is 0. The molecule has 15 heavy (non-hydrogen) atoms. The molecule has 7 heteroatoms. The standard InChI is InChI=1S/2C4H6O3.Cd/c2*1-3(5)2-4(6)7;/h2*2H2,1H3,(H,6,7);/q;;+2/p-2. The fourth-order valence-corrected chi connectivity index (χ4v) is 0.407. The van der Waals surface area contributed by atoms with E-state index in [9.17, 15) is 29.4 Å². The van der Waals surface area contributed by atoms with Crippen LogP contribution in [0.1, 0.15) is 26.7 Å². The maximum Gasteiger partial charge on any atom is 2.00 e. The minimum atomic E-state index is -1.31. The van der Waals surface area contributed by atoms with Crippen LogP contribution in [0.3, 0.4) is 0 Å². The number of carboxylic acids is 2. The maximum atomic E-state index is 9.83. The molecule has 6 nitrogen and oxygen atoms in total. The zero-order valence-corrected chi connectivity index (χ0v) is 12.6. The zero-order valence-electron chi connectivity index (χ0n) is 8.57. The average molecular weight is 315 g/mol. The molecule has 0 unspecified atom stereocenters. The fourth-order valence-electron chi connectivity index (χ4n) is 0.407. The molecule has 0 bridgehead atoms. The molecule has 0 atom stereocenters. The van der Waals surface area contributed by atoms with Crippen molar-refractivity contribution in [1.82, 2.24) is 0 Å². The largest absolute Gasteiger partial charge is 2.00 e. The first-order valence-corrected chi connectivity index (χ1v) is 3.64. The van der Waals surface area contributed by atoms with Gasteiger partial charge in [0.2, 0.25) is 0 Å². The molecule has 0 radical (unpaired) electrons. The molecule has 0 rings (SSSR count). The first kappa shape index (κ1) is 19.7. The third-order valence-corrected chi connectivity index (χ3v) is 0.787. The van der Waals surface area contributed by atoms with E-state index in [1.165, 1.54) is 13.8 Å². The second kappa shape index (κ2) is 11.3. The van der Waals surface area contributed by atoms with Gasteiger partial charge in [0.15, 0.2) is 0 Å². The minimum Gasteiger partial charge on any atom is -0.550 e. The Kier molecular flexibility index (Phi) is 14.8. The number of aliphatic carboxylic acids is 2. The average Bonchev–Trinajstić information content (AvgIpc) is 1.79. The quantitative estimate of drug-likeness (QED) is 0.416. The van der Waals surface area contributed by atoms with Crippen LogP contribution in [-0.2, 0) is 46.5 Å². The molecular weight excluding hydrogens is 304 g/mol. The normalized spacial score (nSPS) is 7.60. The Labute approximate surface area is 107 Å². The number of rotatable bonds is 4. The van der Waals surface area contributed by atoms with E-state index >= 15 is 0 Å². The van der Waals surface area contributed by atoms with Gasteiger partial charge in [-0.05, 0) is 13.8 Å². The Bertz CT molecular complexity index is 198. The summed E-state index contributed by atoms with van der Waals surface area (Å²) in [5.74, 6) is -3.37. The van der Waals surface area contributed by atoms with Crippen LogP contribution >= 0.6 is 0 Å². The number of hydrogen-bond acceptors (Lipinski definition) is 6. The molecule has 0 aromatic heterocycles. The summed E-state index contributed by atoms with van der Waals surface area (Å²) in [6.45, 7) is 2.41. The van der Waals surface area contributed by atoms with Crippen LogP contribution in [0.2, 0.25) is 0 Å². The van der Waals surface area contributed by atoms with Gasteiger partial charge in [-0.15, -0.1) is 0 Å². The van der Waals surface area contributed by atoms with E-state index in [1.54, 1.807) is 0 Å². The van der Waals surface area contributed by atoms with Gasteiger partial charge in [0, 0.05) is 24.8 Å². The molecule has 0 aromatic carbocycles. The summed E-state index contributed by atoms with van der Waals surface area (Å²) in [6.07, 6.45) is -0.944. The van der Waals surface area contributed by atoms with Gasteiger partial charge < -0.3 is 19.8 Å². The first-order valence-electron chi connectivity index (χ1n) is 3.64. The molecule has 0 aliphatic carbocycles. The van der Waals surface area contributed by atoms with Gasteiger partial charge in [0.25, 0.3) is 0 Å². The van der Waals surface area contributed by atoms with E-state index in [4.69, 9.17) is 0 Å². The minimum absolute atomic E-state index is 0. The van der Waals surface area contributed by atoms with Gasteiger partial charge in [-0.1, -0.05) is 0 Å². The van der Waals surface area contributed by atoms with Crippen molar-refractivity contribution in [2.75, 3.05) is 0 Å². The van der Waals surface area contributed by atoms with Crippen LogP contribution in [0.4, 0.5) is 0 Å². The molecule has 0 saturated carbocycles. The van der Waals surface area contributed by atoms with Crippen molar-refractivity contribution in [3.8, 4) is 0 Å². The van der Waals surface area contributed by atoms with Gasteiger partial charge in [-0.3, -0.25) is 9.59 Å². The van der Waals surface area contributed by atoms with Crippen molar-refractivity contribution in [2.24, 2.45) is 0 Å². The molecule has 0 fully saturated rings. The number of carboxylic acid groups (broad SMARTS) is 2. The van der Waals surface area contributed by atoms with E-state index in [1.807, 2.05) is 0 Å². The van der Waals surface area contributed by atoms with E-state index in [2.05, 4.69) is 0 Å². The summed E-state index contributed by atoms with van der Waals surface area (Å²) in [4.78, 5) is 38.6. The Morgan fingerprint density at radius 1 is 0.800 bits per heavy atom. The van der Waals surface area contributed by atoms with E-state index < -0.39 is 24.8 Å². The first-order chi connectivity index (χ1) is 6.25. The fraction of sp³-hybridized carbons (Fsp3) is 0.500. The van der Waals surface area contributed by atoms with E-state index in [0.717, 1.165) is 0 Å². The number of ketones is 2. The number of Topliss-reactive ketones (excluding diaryl/α,β-unsaturated/α-hetero) is 2. The monoisotopic (exact) mass is 316 g/mol. The van der Waals surface area contributed by atoms with Crippen LogP contribution in [0.15, 0.2) is 0 Å². The summed E-state index contributed by atoms with van der Waals surface area (Å²) in [5.41, 5.74) is 0. The topological polar surface area (TPSA) is 114 Å². The number of carbonyl (C=O) groups is 4. The van der Waals surface area contributed by atoms with Crippen LogP contribution in [-0.4, -0.2) is 23.5 Å². The molecule has 0 aromatic rings. The van der Waals surface area contributed by atoms with E-state index in [-0.39, 0.29) is 38.9 Å². The second-order valence-corrected chi connectivity index (χ2v) is 2.50. The van der Waals surface area contributed by atoms with Crippen LogP contribution in [0.25, 0.3) is 0 Å². The van der Waals surface area contributed by atoms with E-state index in [0.29, 0.717) is 0 Å². The van der Waals surface area contributed by atoms with Gasteiger partial charge in [0.1, 0.15) is 11.6 Å². The van der Waals surface area contributed by atoms with Gasteiger partial charge in [-0.25, -0.2) is 0 Å². The van der Waals surface area contributed by atoms with Crippen LogP contribution in [0, 0.1) is 0 Å². The van der Waals surface area contributed by atoms with Gasteiger partial charge in [-0.2, -0.15) is 0 Å². The smallest absolute Gasteiger partial charge is 0.550 e. The maximum absolute atomic E-state index is 9.83. The predicted molar refractivity (Wildman–Crippen MR) is 40.6 cm³/mol. The summed E-state index contributed by atoms with van der Waals surface area (Å²) in [7, 11) is 0. The van der Waals surface area contributed by atoms with Crippen molar-refractivity contribution < 1.29 is 56.7 Å².